The van der Waals surface area contributed by atoms with Gasteiger partial charge in [0.05, 0.1) is 5.56 Å². The molecule has 0 saturated heterocycles. The van der Waals surface area contributed by atoms with E-state index in [9.17, 15) is 13.2 Å². The van der Waals surface area contributed by atoms with E-state index in [4.69, 9.17) is 0 Å². The lowest BCUT2D eigenvalue weighted by molar-refractivity contribution is -0.137. The minimum absolute atomic E-state index is 0. The first kappa shape index (κ1) is 13.1. The van der Waals surface area contributed by atoms with E-state index in [0.29, 0.717) is 12.2 Å². The first-order chi connectivity index (χ1) is 6.04. The van der Waals surface area contributed by atoms with Crippen molar-refractivity contribution in [3.8, 4) is 0 Å². The molecular weight excluding hydrogens is 215 g/mol. The van der Waals surface area contributed by atoms with Crippen LogP contribution in [0.2, 0.25) is 0 Å². The summed E-state index contributed by atoms with van der Waals surface area (Å²) in [5, 5.41) is 2.82. The van der Waals surface area contributed by atoms with E-state index in [1.807, 2.05) is 6.92 Å². The number of halogens is 4. The van der Waals surface area contributed by atoms with E-state index in [-0.39, 0.29) is 12.4 Å². The molecule has 1 N–H and O–H groups in total. The van der Waals surface area contributed by atoms with E-state index in [0.717, 1.165) is 12.1 Å². The van der Waals surface area contributed by atoms with Gasteiger partial charge in [0.1, 0.15) is 0 Å². The number of rotatable bonds is 2. The molecule has 0 aliphatic carbocycles. The number of hydrogen-bond donors (Lipinski definition) is 1. The summed E-state index contributed by atoms with van der Waals surface area (Å²) in [7, 11) is 0. The summed E-state index contributed by atoms with van der Waals surface area (Å²) in [6.07, 6.45) is -4.26. The van der Waals surface area contributed by atoms with Gasteiger partial charge in [0.25, 0.3) is 0 Å². The molecule has 1 nitrogen and oxygen atoms in total. The Balaban J connectivity index is 0.00000169. The second-order valence-corrected chi connectivity index (χ2v) is 2.61. The summed E-state index contributed by atoms with van der Waals surface area (Å²) in [6.45, 7) is 2.45. The van der Waals surface area contributed by atoms with Crippen molar-refractivity contribution in [1.29, 1.82) is 0 Å². The lowest BCUT2D eigenvalue weighted by Gasteiger charge is -2.08. The Hall–Kier alpha value is -0.900. The Morgan fingerprint density at radius 3 is 2.43 bits per heavy atom. The third kappa shape index (κ3) is 3.46. The highest BCUT2D eigenvalue weighted by atomic mass is 35.5. The second kappa shape index (κ2) is 5.10. The van der Waals surface area contributed by atoms with Gasteiger partial charge in [-0.2, -0.15) is 13.2 Å². The standard InChI is InChI=1S/C9H10F3N.ClH/c1-2-13-8-5-3-4-7(6-8)9(10,11)12;/h3-6,13H,2H2,1H3;1H. The summed E-state index contributed by atoms with van der Waals surface area (Å²) < 4.78 is 36.5. The lowest BCUT2D eigenvalue weighted by Crippen LogP contribution is -2.06. The Bertz CT molecular complexity index is 286. The first-order valence-corrected chi connectivity index (χ1v) is 3.95. The number of anilines is 1. The predicted octanol–water partition coefficient (Wildman–Crippen LogP) is 3.56. The molecule has 0 amide bonds. The molecule has 0 spiro atoms. The van der Waals surface area contributed by atoms with E-state index in [1.165, 1.54) is 6.07 Å². The quantitative estimate of drug-likeness (QED) is 0.812. The van der Waals surface area contributed by atoms with Gasteiger partial charge in [-0.1, -0.05) is 6.07 Å². The summed E-state index contributed by atoms with van der Waals surface area (Å²) >= 11 is 0. The SMILES string of the molecule is CCNc1cccc(C(F)(F)F)c1.Cl. The van der Waals surface area contributed by atoms with Crippen molar-refractivity contribution in [2.45, 2.75) is 13.1 Å². The molecule has 0 heterocycles. The molecule has 0 atom stereocenters. The van der Waals surface area contributed by atoms with Crippen LogP contribution in [0.4, 0.5) is 18.9 Å². The van der Waals surface area contributed by atoms with Crippen LogP contribution < -0.4 is 5.32 Å². The van der Waals surface area contributed by atoms with Crippen LogP contribution in [-0.2, 0) is 6.18 Å². The molecule has 1 aromatic rings. The minimum atomic E-state index is -4.26. The average Bonchev–Trinajstić information content (AvgIpc) is 2.04. The van der Waals surface area contributed by atoms with Crippen LogP contribution in [-0.4, -0.2) is 6.54 Å². The van der Waals surface area contributed by atoms with Gasteiger partial charge >= 0.3 is 6.18 Å². The topological polar surface area (TPSA) is 12.0 Å². The van der Waals surface area contributed by atoms with Crippen molar-refractivity contribution in [3.05, 3.63) is 29.8 Å². The molecule has 1 rings (SSSR count). The Morgan fingerprint density at radius 1 is 1.29 bits per heavy atom. The number of hydrogen-bond acceptors (Lipinski definition) is 1. The van der Waals surface area contributed by atoms with Gasteiger partial charge in [-0.25, -0.2) is 0 Å². The molecule has 0 aliphatic heterocycles. The van der Waals surface area contributed by atoms with Gasteiger partial charge in [-0.05, 0) is 25.1 Å². The fourth-order valence-corrected chi connectivity index (χ4v) is 1.01. The minimum Gasteiger partial charge on any atom is -0.385 e. The van der Waals surface area contributed by atoms with E-state index in [1.54, 1.807) is 6.07 Å². The number of alkyl halides is 3. The van der Waals surface area contributed by atoms with Crippen molar-refractivity contribution in [2.24, 2.45) is 0 Å². The number of nitrogens with one attached hydrogen (secondary N) is 1. The van der Waals surface area contributed by atoms with Gasteiger partial charge in [-0.15, -0.1) is 12.4 Å². The zero-order valence-electron chi connectivity index (χ0n) is 7.56. The fraction of sp³-hybridized carbons (Fsp3) is 0.333. The molecule has 0 aromatic heterocycles. The normalized spacial score (nSPS) is 10.6. The Kier molecular flexibility index (Phi) is 4.77. The highest BCUT2D eigenvalue weighted by Crippen LogP contribution is 2.30. The third-order valence-electron chi connectivity index (χ3n) is 1.57. The van der Waals surface area contributed by atoms with Crippen LogP contribution in [0, 0.1) is 0 Å². The van der Waals surface area contributed by atoms with Crippen LogP contribution >= 0.6 is 12.4 Å². The van der Waals surface area contributed by atoms with E-state index < -0.39 is 11.7 Å². The molecular formula is C9H11ClF3N. The van der Waals surface area contributed by atoms with E-state index >= 15 is 0 Å². The van der Waals surface area contributed by atoms with Gasteiger partial charge < -0.3 is 5.32 Å². The van der Waals surface area contributed by atoms with Crippen molar-refractivity contribution in [3.63, 3.8) is 0 Å². The maximum Gasteiger partial charge on any atom is 0.416 e. The smallest absolute Gasteiger partial charge is 0.385 e. The average molecular weight is 226 g/mol. The fourth-order valence-electron chi connectivity index (χ4n) is 1.01. The summed E-state index contributed by atoms with van der Waals surface area (Å²) in [4.78, 5) is 0. The second-order valence-electron chi connectivity index (χ2n) is 2.61. The Morgan fingerprint density at radius 2 is 1.93 bits per heavy atom. The maximum atomic E-state index is 12.2. The summed E-state index contributed by atoms with van der Waals surface area (Å²) in [6, 6.07) is 5.16. The van der Waals surface area contributed by atoms with Crippen LogP contribution in [0.15, 0.2) is 24.3 Å². The van der Waals surface area contributed by atoms with Crippen LogP contribution in [0.1, 0.15) is 12.5 Å². The Labute approximate surface area is 86.7 Å². The molecule has 0 fully saturated rings. The highest BCUT2D eigenvalue weighted by molar-refractivity contribution is 5.85. The molecule has 0 unspecified atom stereocenters. The molecule has 5 heteroatoms. The van der Waals surface area contributed by atoms with Gasteiger partial charge in [0, 0.05) is 12.2 Å². The largest absolute Gasteiger partial charge is 0.416 e. The molecule has 14 heavy (non-hydrogen) atoms. The van der Waals surface area contributed by atoms with Crippen LogP contribution in [0.25, 0.3) is 0 Å². The number of benzene rings is 1. The molecule has 1 aromatic carbocycles. The van der Waals surface area contributed by atoms with E-state index in [2.05, 4.69) is 5.32 Å². The zero-order valence-corrected chi connectivity index (χ0v) is 8.38. The van der Waals surface area contributed by atoms with Gasteiger partial charge in [0.15, 0.2) is 0 Å². The highest BCUT2D eigenvalue weighted by Gasteiger charge is 2.30. The molecule has 0 aliphatic rings. The third-order valence-corrected chi connectivity index (χ3v) is 1.57. The van der Waals surface area contributed by atoms with Crippen LogP contribution in [0.5, 0.6) is 0 Å². The summed E-state index contributed by atoms with van der Waals surface area (Å²) in [5.74, 6) is 0. The molecule has 0 bridgehead atoms. The monoisotopic (exact) mass is 225 g/mol. The van der Waals surface area contributed by atoms with Crippen molar-refractivity contribution in [2.75, 3.05) is 11.9 Å². The van der Waals surface area contributed by atoms with Crippen molar-refractivity contribution < 1.29 is 13.2 Å². The zero-order chi connectivity index (χ0) is 9.90. The molecule has 80 valence electrons. The van der Waals surface area contributed by atoms with Gasteiger partial charge in [0.2, 0.25) is 0 Å². The lowest BCUT2D eigenvalue weighted by atomic mass is 10.2. The van der Waals surface area contributed by atoms with Crippen LogP contribution in [0.3, 0.4) is 0 Å². The maximum absolute atomic E-state index is 12.2. The van der Waals surface area contributed by atoms with Crippen molar-refractivity contribution in [1.82, 2.24) is 0 Å². The summed E-state index contributed by atoms with van der Waals surface area (Å²) in [5.41, 5.74) is -0.122. The predicted molar refractivity (Wildman–Crippen MR) is 52.9 cm³/mol. The van der Waals surface area contributed by atoms with Crippen molar-refractivity contribution >= 4 is 18.1 Å². The van der Waals surface area contributed by atoms with Gasteiger partial charge in [-0.3, -0.25) is 0 Å². The first-order valence-electron chi connectivity index (χ1n) is 3.95. The molecule has 0 saturated carbocycles. The molecule has 0 radical (unpaired) electrons.